The monoisotopic (exact) mass is 315 g/mol. The number of amides is 1. The molecular weight excluding hydrogens is 304 g/mol. The van der Waals surface area contributed by atoms with E-state index in [1.54, 1.807) is 0 Å². The van der Waals surface area contributed by atoms with Gasteiger partial charge in [-0.3, -0.25) is 9.89 Å². The quantitative estimate of drug-likeness (QED) is 0.759. The molecule has 0 aliphatic heterocycles. The minimum atomic E-state index is -2.83. The van der Waals surface area contributed by atoms with Crippen molar-refractivity contribution in [2.45, 2.75) is 18.9 Å². The third-order valence-corrected chi connectivity index (χ3v) is 3.52. The van der Waals surface area contributed by atoms with Gasteiger partial charge < -0.3 is 10.4 Å². The fraction of sp³-hybridized carbons (Fsp3) is 0.250. The van der Waals surface area contributed by atoms with E-state index in [2.05, 4.69) is 10.2 Å². The number of nitrogens with zero attached hydrogens (tertiary/aromatic N) is 1. The Kier molecular flexibility index (Phi) is 4.63. The van der Waals surface area contributed by atoms with Gasteiger partial charge in [0.05, 0.1) is 10.6 Å². The summed E-state index contributed by atoms with van der Waals surface area (Å²) in [6.45, 7) is 0. The molecule has 1 unspecified atom stereocenters. The van der Waals surface area contributed by atoms with Gasteiger partial charge in [0.25, 0.3) is 5.91 Å². The van der Waals surface area contributed by atoms with Crippen LogP contribution in [0, 0.1) is 0 Å². The Labute approximate surface area is 121 Å². The van der Waals surface area contributed by atoms with Crippen LogP contribution < -0.4 is 5.32 Å². The third-order valence-electron chi connectivity index (χ3n) is 2.61. The molecule has 0 spiro atoms. The van der Waals surface area contributed by atoms with Gasteiger partial charge in [-0.2, -0.15) is 5.10 Å². The highest BCUT2D eigenvalue weighted by Crippen LogP contribution is 2.22. The van der Waals surface area contributed by atoms with Crippen molar-refractivity contribution >= 4 is 23.2 Å². The summed E-state index contributed by atoms with van der Waals surface area (Å²) in [7, 11) is 0. The Bertz CT molecular complexity index is 627. The molecule has 2 heterocycles. The first-order chi connectivity index (χ1) is 9.97. The summed E-state index contributed by atoms with van der Waals surface area (Å²) in [4.78, 5) is 23.5. The Morgan fingerprint density at radius 2 is 2.24 bits per heavy atom. The van der Waals surface area contributed by atoms with Crippen LogP contribution in [0.2, 0.25) is 0 Å². The van der Waals surface area contributed by atoms with Crippen LogP contribution in [-0.4, -0.2) is 39.6 Å². The van der Waals surface area contributed by atoms with Gasteiger partial charge in [-0.25, -0.2) is 13.6 Å². The summed E-state index contributed by atoms with van der Waals surface area (Å²) >= 11 is 1.43. The number of carboxylic acid groups (broad SMARTS) is 1. The van der Waals surface area contributed by atoms with Crippen LogP contribution in [0.1, 0.15) is 16.9 Å². The number of hydrogen-bond donors (Lipinski definition) is 3. The molecule has 6 nitrogen and oxygen atoms in total. The molecule has 0 radical (unpaired) electrons. The highest BCUT2D eigenvalue weighted by molar-refractivity contribution is 7.13. The van der Waals surface area contributed by atoms with Gasteiger partial charge >= 0.3 is 5.97 Å². The molecule has 0 aromatic carbocycles. The lowest BCUT2D eigenvalue weighted by Gasteiger charge is -2.12. The van der Waals surface area contributed by atoms with Crippen LogP contribution in [0.5, 0.6) is 0 Å². The van der Waals surface area contributed by atoms with Gasteiger partial charge in [-0.05, 0) is 17.5 Å². The van der Waals surface area contributed by atoms with Crippen molar-refractivity contribution in [2.24, 2.45) is 0 Å². The second-order valence-electron chi connectivity index (χ2n) is 4.14. The van der Waals surface area contributed by atoms with Crippen molar-refractivity contribution in [3.8, 4) is 10.6 Å². The van der Waals surface area contributed by atoms with Gasteiger partial charge in [0.2, 0.25) is 6.43 Å². The van der Waals surface area contributed by atoms with Gasteiger partial charge in [0, 0.05) is 6.42 Å². The Hall–Kier alpha value is -2.29. The standard InChI is InChI=1S/C12H11F2N3O3S/c13-10(14)5-8(12(19)20)15-11(18)7-4-6(16-17-7)9-2-1-3-21-9/h1-4,8,10H,5H2,(H,15,18)(H,16,17)(H,19,20). The number of aromatic amines is 1. The van der Waals surface area contributed by atoms with Gasteiger partial charge in [-0.15, -0.1) is 11.3 Å². The second-order valence-corrected chi connectivity index (χ2v) is 5.08. The molecule has 1 atom stereocenters. The maximum Gasteiger partial charge on any atom is 0.326 e. The molecule has 0 bridgehead atoms. The topological polar surface area (TPSA) is 95.1 Å². The zero-order valence-electron chi connectivity index (χ0n) is 10.5. The summed E-state index contributed by atoms with van der Waals surface area (Å²) < 4.78 is 24.5. The van der Waals surface area contributed by atoms with E-state index in [0.29, 0.717) is 5.69 Å². The highest BCUT2D eigenvalue weighted by Gasteiger charge is 2.25. The summed E-state index contributed by atoms with van der Waals surface area (Å²) in [5.74, 6) is -2.33. The molecular formula is C12H11F2N3O3S. The molecule has 1 amide bonds. The number of nitrogens with one attached hydrogen (secondary N) is 2. The van der Waals surface area contributed by atoms with E-state index in [0.717, 1.165) is 4.88 Å². The molecule has 2 rings (SSSR count). The van der Waals surface area contributed by atoms with E-state index in [4.69, 9.17) is 5.11 Å². The SMILES string of the molecule is O=C(NC(CC(F)F)C(=O)O)c1cc(-c2cccs2)[nH]n1. The zero-order valence-corrected chi connectivity index (χ0v) is 11.4. The number of thiophene rings is 1. The largest absolute Gasteiger partial charge is 0.480 e. The Morgan fingerprint density at radius 1 is 1.48 bits per heavy atom. The number of halogens is 2. The van der Waals surface area contributed by atoms with Crippen LogP contribution in [-0.2, 0) is 4.79 Å². The van der Waals surface area contributed by atoms with E-state index >= 15 is 0 Å². The van der Waals surface area contributed by atoms with Crippen molar-refractivity contribution in [2.75, 3.05) is 0 Å². The maximum atomic E-state index is 12.3. The smallest absolute Gasteiger partial charge is 0.326 e. The number of rotatable bonds is 6. The van der Waals surface area contributed by atoms with Crippen LogP contribution >= 0.6 is 11.3 Å². The summed E-state index contributed by atoms with van der Waals surface area (Å²) in [6, 6.07) is 3.42. The van der Waals surface area contributed by atoms with E-state index in [1.807, 2.05) is 22.8 Å². The van der Waals surface area contributed by atoms with Crippen LogP contribution in [0.15, 0.2) is 23.6 Å². The molecule has 0 aliphatic carbocycles. The molecule has 112 valence electrons. The molecule has 0 fully saturated rings. The van der Waals surface area contributed by atoms with Crippen LogP contribution in [0.4, 0.5) is 8.78 Å². The first-order valence-corrected chi connectivity index (χ1v) is 6.76. The van der Waals surface area contributed by atoms with E-state index < -0.39 is 30.8 Å². The minimum Gasteiger partial charge on any atom is -0.480 e. The molecule has 21 heavy (non-hydrogen) atoms. The number of carbonyl (C=O) groups is 2. The Balaban J connectivity index is 2.07. The number of aromatic nitrogens is 2. The normalized spacial score (nSPS) is 12.3. The molecule has 0 saturated heterocycles. The number of carboxylic acids is 1. The average Bonchev–Trinajstić information content (AvgIpc) is 3.08. The summed E-state index contributed by atoms with van der Waals surface area (Å²) in [5.41, 5.74) is 0.537. The van der Waals surface area contributed by atoms with Crippen molar-refractivity contribution in [3.63, 3.8) is 0 Å². The number of aliphatic carboxylic acids is 1. The molecule has 2 aromatic heterocycles. The average molecular weight is 315 g/mol. The predicted octanol–water partition coefficient (Wildman–Crippen LogP) is 1.98. The van der Waals surface area contributed by atoms with E-state index in [1.165, 1.54) is 17.4 Å². The first kappa shape index (κ1) is 15.1. The lowest BCUT2D eigenvalue weighted by molar-refractivity contribution is -0.140. The van der Waals surface area contributed by atoms with Crippen LogP contribution in [0.25, 0.3) is 10.6 Å². The molecule has 2 aromatic rings. The molecule has 9 heteroatoms. The second kappa shape index (κ2) is 6.44. The van der Waals surface area contributed by atoms with E-state index in [-0.39, 0.29) is 5.69 Å². The molecule has 3 N–H and O–H groups in total. The summed E-state index contributed by atoms with van der Waals surface area (Å²) in [6.07, 6.45) is -3.78. The lowest BCUT2D eigenvalue weighted by Crippen LogP contribution is -2.42. The predicted molar refractivity (Wildman–Crippen MR) is 71.4 cm³/mol. The van der Waals surface area contributed by atoms with Gasteiger partial charge in [-0.1, -0.05) is 6.07 Å². The first-order valence-electron chi connectivity index (χ1n) is 5.88. The number of carbonyl (C=O) groups excluding carboxylic acids is 1. The highest BCUT2D eigenvalue weighted by atomic mass is 32.1. The summed E-state index contributed by atoms with van der Waals surface area (Å²) in [5, 5.41) is 19.1. The minimum absolute atomic E-state index is 0.0566. The van der Waals surface area contributed by atoms with Crippen molar-refractivity contribution in [1.82, 2.24) is 15.5 Å². The number of H-pyrrole nitrogens is 1. The van der Waals surface area contributed by atoms with Crippen molar-refractivity contribution in [1.29, 1.82) is 0 Å². The lowest BCUT2D eigenvalue weighted by atomic mass is 10.2. The molecule has 0 saturated carbocycles. The van der Waals surface area contributed by atoms with Crippen molar-refractivity contribution in [3.05, 3.63) is 29.3 Å². The third kappa shape index (κ3) is 3.85. The van der Waals surface area contributed by atoms with E-state index in [9.17, 15) is 18.4 Å². The van der Waals surface area contributed by atoms with Crippen LogP contribution in [0.3, 0.4) is 0 Å². The van der Waals surface area contributed by atoms with Crippen molar-refractivity contribution < 1.29 is 23.5 Å². The fourth-order valence-corrected chi connectivity index (χ4v) is 2.32. The number of alkyl halides is 2. The number of hydrogen-bond acceptors (Lipinski definition) is 4. The maximum absolute atomic E-state index is 12.3. The zero-order chi connectivity index (χ0) is 15.4. The molecule has 0 aliphatic rings. The van der Waals surface area contributed by atoms with Gasteiger partial charge in [0.1, 0.15) is 6.04 Å². The fourth-order valence-electron chi connectivity index (χ4n) is 1.63. The Morgan fingerprint density at radius 3 is 2.81 bits per heavy atom. The van der Waals surface area contributed by atoms with Gasteiger partial charge in [0.15, 0.2) is 5.69 Å².